The topological polar surface area (TPSA) is 50.9 Å². The van der Waals surface area contributed by atoms with Gasteiger partial charge in [-0.25, -0.2) is 4.68 Å². The molecule has 10 heavy (non-hydrogen) atoms. The molecule has 0 aliphatic rings. The number of aliphatic hydroxyl groups is 1. The van der Waals surface area contributed by atoms with Crippen LogP contribution < -0.4 is 0 Å². The quantitative estimate of drug-likeness (QED) is 0.647. The fourth-order valence-corrected chi connectivity index (χ4v) is 0.675. The third-order valence-corrected chi connectivity index (χ3v) is 1.34. The SMILES string of the molecule is CCC(O)Cn1ccnn1. The minimum absolute atomic E-state index is 0.304. The van der Waals surface area contributed by atoms with E-state index in [0.717, 1.165) is 6.42 Å². The molecule has 1 N–H and O–H groups in total. The summed E-state index contributed by atoms with van der Waals surface area (Å²) in [5.41, 5.74) is 0. The van der Waals surface area contributed by atoms with Crippen LogP contribution in [0.2, 0.25) is 0 Å². The third kappa shape index (κ3) is 1.80. The molecule has 1 unspecified atom stereocenters. The van der Waals surface area contributed by atoms with E-state index in [2.05, 4.69) is 10.3 Å². The van der Waals surface area contributed by atoms with Gasteiger partial charge in [0, 0.05) is 6.20 Å². The van der Waals surface area contributed by atoms with Gasteiger partial charge in [-0.1, -0.05) is 12.1 Å². The van der Waals surface area contributed by atoms with Crippen LogP contribution in [-0.2, 0) is 6.54 Å². The molecule has 1 atom stereocenters. The zero-order valence-electron chi connectivity index (χ0n) is 5.94. The molecule has 1 rings (SSSR count). The standard InChI is InChI=1S/C6H11N3O/c1-2-6(10)5-9-4-3-7-8-9/h3-4,6,10H,2,5H2,1H3. The lowest BCUT2D eigenvalue weighted by molar-refractivity contribution is 0.144. The van der Waals surface area contributed by atoms with E-state index in [1.807, 2.05) is 6.92 Å². The summed E-state index contributed by atoms with van der Waals surface area (Å²) < 4.78 is 1.62. The van der Waals surface area contributed by atoms with E-state index in [1.54, 1.807) is 17.1 Å². The lowest BCUT2D eigenvalue weighted by atomic mass is 10.3. The van der Waals surface area contributed by atoms with Crippen molar-refractivity contribution >= 4 is 0 Å². The van der Waals surface area contributed by atoms with Crippen LogP contribution in [0.1, 0.15) is 13.3 Å². The molecule has 0 saturated heterocycles. The summed E-state index contributed by atoms with van der Waals surface area (Å²) in [7, 11) is 0. The number of aliphatic hydroxyl groups excluding tert-OH is 1. The highest BCUT2D eigenvalue weighted by atomic mass is 16.3. The van der Waals surface area contributed by atoms with Gasteiger partial charge in [0.15, 0.2) is 0 Å². The molecule has 1 aromatic rings. The lowest BCUT2D eigenvalue weighted by Crippen LogP contribution is -2.14. The molecule has 0 aliphatic heterocycles. The largest absolute Gasteiger partial charge is 0.391 e. The molecule has 0 radical (unpaired) electrons. The van der Waals surface area contributed by atoms with E-state index >= 15 is 0 Å². The molecule has 4 heteroatoms. The molecule has 0 aromatic carbocycles. The number of rotatable bonds is 3. The Kier molecular flexibility index (Phi) is 2.39. The zero-order chi connectivity index (χ0) is 7.40. The minimum Gasteiger partial charge on any atom is -0.391 e. The molecule has 1 aromatic heterocycles. The van der Waals surface area contributed by atoms with Gasteiger partial charge >= 0.3 is 0 Å². The molecule has 0 saturated carbocycles. The number of hydrogen-bond donors (Lipinski definition) is 1. The lowest BCUT2D eigenvalue weighted by Gasteiger charge is -2.05. The number of nitrogens with zero attached hydrogens (tertiary/aromatic N) is 3. The third-order valence-electron chi connectivity index (χ3n) is 1.34. The van der Waals surface area contributed by atoms with Crippen molar-refractivity contribution in [1.82, 2.24) is 15.0 Å². The Labute approximate surface area is 59.5 Å². The Morgan fingerprint density at radius 3 is 3.00 bits per heavy atom. The Balaban J connectivity index is 2.40. The van der Waals surface area contributed by atoms with Crippen LogP contribution in [-0.4, -0.2) is 26.2 Å². The van der Waals surface area contributed by atoms with Crippen molar-refractivity contribution in [3.63, 3.8) is 0 Å². The first kappa shape index (κ1) is 7.21. The highest BCUT2D eigenvalue weighted by Gasteiger charge is 2.00. The molecule has 56 valence electrons. The first-order valence-electron chi connectivity index (χ1n) is 3.35. The average molecular weight is 141 g/mol. The second kappa shape index (κ2) is 3.31. The van der Waals surface area contributed by atoms with Gasteiger partial charge in [0.2, 0.25) is 0 Å². The van der Waals surface area contributed by atoms with E-state index in [-0.39, 0.29) is 6.10 Å². The summed E-state index contributed by atoms with van der Waals surface area (Å²) in [6, 6.07) is 0. The molecule has 4 nitrogen and oxygen atoms in total. The van der Waals surface area contributed by atoms with Gasteiger partial charge in [-0.3, -0.25) is 0 Å². The van der Waals surface area contributed by atoms with E-state index < -0.39 is 0 Å². The fraction of sp³-hybridized carbons (Fsp3) is 0.667. The van der Waals surface area contributed by atoms with Crippen molar-refractivity contribution in [1.29, 1.82) is 0 Å². The fourth-order valence-electron chi connectivity index (χ4n) is 0.675. The summed E-state index contributed by atoms with van der Waals surface area (Å²) in [5, 5.41) is 16.5. The van der Waals surface area contributed by atoms with Crippen LogP contribution >= 0.6 is 0 Å². The van der Waals surface area contributed by atoms with Gasteiger partial charge in [-0.2, -0.15) is 0 Å². The Bertz CT molecular complexity index is 173. The molecule has 0 aliphatic carbocycles. The highest BCUT2D eigenvalue weighted by Crippen LogP contribution is 1.92. The maximum Gasteiger partial charge on any atom is 0.0734 e. The van der Waals surface area contributed by atoms with Crippen molar-refractivity contribution in [3.05, 3.63) is 12.4 Å². The van der Waals surface area contributed by atoms with Gasteiger partial charge in [-0.05, 0) is 6.42 Å². The maximum atomic E-state index is 9.14. The molecular weight excluding hydrogens is 130 g/mol. The molecule has 0 spiro atoms. The van der Waals surface area contributed by atoms with Crippen LogP contribution in [0.25, 0.3) is 0 Å². The predicted molar refractivity (Wildman–Crippen MR) is 36.3 cm³/mol. The summed E-state index contributed by atoms with van der Waals surface area (Å²) in [4.78, 5) is 0. The van der Waals surface area contributed by atoms with Gasteiger partial charge in [0.25, 0.3) is 0 Å². The molecule has 0 bridgehead atoms. The van der Waals surface area contributed by atoms with Crippen molar-refractivity contribution < 1.29 is 5.11 Å². The first-order valence-corrected chi connectivity index (χ1v) is 3.35. The van der Waals surface area contributed by atoms with Gasteiger partial charge in [-0.15, -0.1) is 5.10 Å². The Morgan fingerprint density at radius 1 is 1.70 bits per heavy atom. The monoisotopic (exact) mass is 141 g/mol. The van der Waals surface area contributed by atoms with Gasteiger partial charge in [0.1, 0.15) is 0 Å². The summed E-state index contributed by atoms with van der Waals surface area (Å²) in [6.07, 6.45) is 3.78. The van der Waals surface area contributed by atoms with E-state index in [0.29, 0.717) is 6.54 Å². The van der Waals surface area contributed by atoms with E-state index in [1.165, 1.54) is 0 Å². The highest BCUT2D eigenvalue weighted by molar-refractivity contribution is 4.65. The summed E-state index contributed by atoms with van der Waals surface area (Å²) in [5.74, 6) is 0. The Hall–Kier alpha value is -0.900. The van der Waals surface area contributed by atoms with Gasteiger partial charge in [0.05, 0.1) is 18.8 Å². The zero-order valence-corrected chi connectivity index (χ0v) is 5.94. The molecule has 1 heterocycles. The van der Waals surface area contributed by atoms with Crippen LogP contribution in [0, 0.1) is 0 Å². The molecular formula is C6H11N3O. The summed E-state index contributed by atoms with van der Waals surface area (Å²) in [6.45, 7) is 2.47. The van der Waals surface area contributed by atoms with Crippen LogP contribution in [0.4, 0.5) is 0 Å². The van der Waals surface area contributed by atoms with E-state index in [9.17, 15) is 0 Å². The Morgan fingerprint density at radius 2 is 2.50 bits per heavy atom. The van der Waals surface area contributed by atoms with Crippen molar-refractivity contribution in [2.75, 3.05) is 0 Å². The van der Waals surface area contributed by atoms with Crippen LogP contribution in [0.15, 0.2) is 12.4 Å². The van der Waals surface area contributed by atoms with Gasteiger partial charge < -0.3 is 5.11 Å². The predicted octanol–water partition coefficient (Wildman–Crippen LogP) is 0.0490. The second-order valence-corrected chi connectivity index (χ2v) is 2.19. The first-order chi connectivity index (χ1) is 4.83. The molecule has 0 fully saturated rings. The normalized spacial score (nSPS) is 13.4. The second-order valence-electron chi connectivity index (χ2n) is 2.19. The molecule has 0 amide bonds. The van der Waals surface area contributed by atoms with Crippen LogP contribution in [0.5, 0.6) is 0 Å². The van der Waals surface area contributed by atoms with Crippen molar-refractivity contribution in [2.45, 2.75) is 26.0 Å². The minimum atomic E-state index is -0.304. The van der Waals surface area contributed by atoms with E-state index in [4.69, 9.17) is 5.11 Å². The number of hydrogen-bond acceptors (Lipinski definition) is 3. The summed E-state index contributed by atoms with van der Waals surface area (Å²) >= 11 is 0. The number of aromatic nitrogens is 3. The van der Waals surface area contributed by atoms with Crippen molar-refractivity contribution in [3.8, 4) is 0 Å². The van der Waals surface area contributed by atoms with Crippen LogP contribution in [0.3, 0.4) is 0 Å². The maximum absolute atomic E-state index is 9.14. The van der Waals surface area contributed by atoms with Crippen molar-refractivity contribution in [2.24, 2.45) is 0 Å². The smallest absolute Gasteiger partial charge is 0.0734 e. The average Bonchev–Trinajstić information content (AvgIpc) is 2.40.